The topological polar surface area (TPSA) is 33.3 Å². The molecule has 1 aliphatic rings. The number of hydrogen-bond donors (Lipinski definition) is 2. The third-order valence-electron chi connectivity index (χ3n) is 3.22. The van der Waals surface area contributed by atoms with Gasteiger partial charge in [-0.25, -0.2) is 0 Å². The molecule has 3 nitrogen and oxygen atoms in total. The number of ether oxygens (including phenoxy) is 1. The molecule has 1 aliphatic heterocycles. The summed E-state index contributed by atoms with van der Waals surface area (Å²) < 4.78 is 5.19. The summed E-state index contributed by atoms with van der Waals surface area (Å²) in [6, 6.07) is 3.98. The number of aryl methyl sites for hydroxylation is 1. The van der Waals surface area contributed by atoms with Gasteiger partial charge in [-0.3, -0.25) is 0 Å². The Bertz CT molecular complexity index is 391. The highest BCUT2D eigenvalue weighted by Gasteiger charge is 2.15. The van der Waals surface area contributed by atoms with Crippen molar-refractivity contribution in [2.75, 3.05) is 26.7 Å². The fourth-order valence-corrected chi connectivity index (χ4v) is 2.21. The molecule has 1 aromatic carbocycles. The molecule has 1 aromatic rings. The molecule has 0 atom stereocenters. The molecule has 0 saturated carbocycles. The minimum absolute atomic E-state index is 0.681. The standard InChI is InChI=1S/C13H19ClN2O/c1-9-3-13(17-2)12(14)4-11(9)8-16-7-10-5-15-6-10/h3-4,10,15-16H,5-8H2,1-2H3. The van der Waals surface area contributed by atoms with E-state index >= 15 is 0 Å². The van der Waals surface area contributed by atoms with Crippen molar-refractivity contribution >= 4 is 11.6 Å². The summed E-state index contributed by atoms with van der Waals surface area (Å²) in [7, 11) is 1.64. The van der Waals surface area contributed by atoms with Gasteiger partial charge in [0.25, 0.3) is 0 Å². The highest BCUT2D eigenvalue weighted by Crippen LogP contribution is 2.27. The Morgan fingerprint density at radius 2 is 2.24 bits per heavy atom. The molecule has 2 rings (SSSR count). The molecule has 0 spiro atoms. The van der Waals surface area contributed by atoms with E-state index in [-0.39, 0.29) is 0 Å². The molecule has 0 amide bonds. The van der Waals surface area contributed by atoms with Gasteiger partial charge in [0, 0.05) is 26.2 Å². The number of hydrogen-bond acceptors (Lipinski definition) is 3. The highest BCUT2D eigenvalue weighted by molar-refractivity contribution is 6.32. The van der Waals surface area contributed by atoms with Crippen molar-refractivity contribution < 1.29 is 4.74 Å². The van der Waals surface area contributed by atoms with Gasteiger partial charge in [-0.15, -0.1) is 0 Å². The number of nitrogens with one attached hydrogen (secondary N) is 2. The van der Waals surface area contributed by atoms with E-state index < -0.39 is 0 Å². The van der Waals surface area contributed by atoms with Crippen molar-refractivity contribution in [3.8, 4) is 5.75 Å². The van der Waals surface area contributed by atoms with Gasteiger partial charge in [0.05, 0.1) is 12.1 Å². The predicted molar refractivity (Wildman–Crippen MR) is 70.8 cm³/mol. The van der Waals surface area contributed by atoms with Crippen molar-refractivity contribution in [1.82, 2.24) is 10.6 Å². The van der Waals surface area contributed by atoms with Crippen molar-refractivity contribution in [2.45, 2.75) is 13.5 Å². The third-order valence-corrected chi connectivity index (χ3v) is 3.52. The van der Waals surface area contributed by atoms with Gasteiger partial charge in [-0.1, -0.05) is 11.6 Å². The normalized spacial score (nSPS) is 15.7. The third kappa shape index (κ3) is 3.12. The summed E-state index contributed by atoms with van der Waals surface area (Å²) in [6.45, 7) is 6.29. The molecule has 2 N–H and O–H groups in total. The van der Waals surface area contributed by atoms with Crippen LogP contribution in [0.3, 0.4) is 0 Å². The van der Waals surface area contributed by atoms with Gasteiger partial charge in [0.15, 0.2) is 0 Å². The van der Waals surface area contributed by atoms with Gasteiger partial charge in [-0.05, 0) is 36.1 Å². The molecule has 17 heavy (non-hydrogen) atoms. The first-order chi connectivity index (χ1) is 8.20. The van der Waals surface area contributed by atoms with E-state index in [1.54, 1.807) is 7.11 Å². The average molecular weight is 255 g/mol. The summed E-state index contributed by atoms with van der Waals surface area (Å²) in [5, 5.41) is 7.42. The monoisotopic (exact) mass is 254 g/mol. The molecule has 0 aliphatic carbocycles. The summed E-state index contributed by atoms with van der Waals surface area (Å²) in [6.07, 6.45) is 0. The molecular formula is C13H19ClN2O. The lowest BCUT2D eigenvalue weighted by Gasteiger charge is -2.27. The van der Waals surface area contributed by atoms with Crippen LogP contribution in [-0.4, -0.2) is 26.7 Å². The van der Waals surface area contributed by atoms with Gasteiger partial charge >= 0.3 is 0 Å². The number of halogens is 1. The maximum atomic E-state index is 6.12. The van der Waals surface area contributed by atoms with Crippen LogP contribution in [0.25, 0.3) is 0 Å². The lowest BCUT2D eigenvalue weighted by Crippen LogP contribution is -2.47. The molecule has 0 aromatic heterocycles. The Kier molecular flexibility index (Phi) is 4.26. The second-order valence-electron chi connectivity index (χ2n) is 4.57. The van der Waals surface area contributed by atoms with Crippen molar-refractivity contribution in [3.05, 3.63) is 28.3 Å². The SMILES string of the molecule is COc1cc(C)c(CNCC2CNC2)cc1Cl. The zero-order valence-electron chi connectivity index (χ0n) is 10.3. The van der Waals surface area contributed by atoms with E-state index in [0.717, 1.165) is 37.8 Å². The number of rotatable bonds is 5. The molecule has 1 saturated heterocycles. The van der Waals surface area contributed by atoms with Crippen LogP contribution in [0.1, 0.15) is 11.1 Å². The van der Waals surface area contributed by atoms with Gasteiger partial charge < -0.3 is 15.4 Å². The van der Waals surface area contributed by atoms with Gasteiger partial charge in [0.1, 0.15) is 5.75 Å². The molecule has 0 radical (unpaired) electrons. The molecule has 4 heteroatoms. The maximum Gasteiger partial charge on any atom is 0.137 e. The number of methoxy groups -OCH3 is 1. The Balaban J connectivity index is 1.92. The zero-order chi connectivity index (χ0) is 12.3. The zero-order valence-corrected chi connectivity index (χ0v) is 11.1. The molecule has 1 heterocycles. The van der Waals surface area contributed by atoms with E-state index in [9.17, 15) is 0 Å². The lowest BCUT2D eigenvalue weighted by atomic mass is 10.0. The average Bonchev–Trinajstić information content (AvgIpc) is 2.25. The van der Waals surface area contributed by atoms with Crippen LogP contribution in [0.15, 0.2) is 12.1 Å². The van der Waals surface area contributed by atoms with Crippen molar-refractivity contribution in [2.24, 2.45) is 5.92 Å². The molecule has 0 unspecified atom stereocenters. The lowest BCUT2D eigenvalue weighted by molar-refractivity contribution is 0.331. The quantitative estimate of drug-likeness (QED) is 0.843. The summed E-state index contributed by atoms with van der Waals surface area (Å²) in [5.74, 6) is 1.53. The van der Waals surface area contributed by atoms with E-state index in [0.29, 0.717) is 5.02 Å². The molecule has 1 fully saturated rings. The molecular weight excluding hydrogens is 236 g/mol. The van der Waals surface area contributed by atoms with Crippen LogP contribution in [-0.2, 0) is 6.54 Å². The first kappa shape index (κ1) is 12.7. The van der Waals surface area contributed by atoms with E-state index in [1.165, 1.54) is 11.1 Å². The van der Waals surface area contributed by atoms with E-state index in [1.807, 2.05) is 12.1 Å². The van der Waals surface area contributed by atoms with Crippen LogP contribution in [0.5, 0.6) is 5.75 Å². The van der Waals surface area contributed by atoms with Crippen LogP contribution >= 0.6 is 11.6 Å². The van der Waals surface area contributed by atoms with Gasteiger partial charge in [-0.2, -0.15) is 0 Å². The van der Waals surface area contributed by atoms with Crippen LogP contribution in [0, 0.1) is 12.8 Å². The molecule has 94 valence electrons. The second-order valence-corrected chi connectivity index (χ2v) is 4.98. The van der Waals surface area contributed by atoms with Crippen molar-refractivity contribution in [1.29, 1.82) is 0 Å². The van der Waals surface area contributed by atoms with Crippen molar-refractivity contribution in [3.63, 3.8) is 0 Å². The van der Waals surface area contributed by atoms with Crippen LogP contribution < -0.4 is 15.4 Å². The highest BCUT2D eigenvalue weighted by atomic mass is 35.5. The number of benzene rings is 1. The maximum absolute atomic E-state index is 6.12. The minimum atomic E-state index is 0.681. The first-order valence-electron chi connectivity index (χ1n) is 5.95. The largest absolute Gasteiger partial charge is 0.495 e. The predicted octanol–water partition coefficient (Wildman–Crippen LogP) is 1.97. The minimum Gasteiger partial charge on any atom is -0.495 e. The fourth-order valence-electron chi connectivity index (χ4n) is 1.95. The van der Waals surface area contributed by atoms with Crippen LogP contribution in [0.2, 0.25) is 5.02 Å². The summed E-state index contributed by atoms with van der Waals surface area (Å²) in [5.41, 5.74) is 2.45. The molecule has 0 bridgehead atoms. The first-order valence-corrected chi connectivity index (χ1v) is 6.33. The summed E-state index contributed by atoms with van der Waals surface area (Å²) >= 11 is 6.12. The Hall–Kier alpha value is -0.770. The Morgan fingerprint density at radius 1 is 1.47 bits per heavy atom. The van der Waals surface area contributed by atoms with E-state index in [4.69, 9.17) is 16.3 Å². The van der Waals surface area contributed by atoms with E-state index in [2.05, 4.69) is 17.6 Å². The Morgan fingerprint density at radius 3 is 2.82 bits per heavy atom. The Labute approximate surface area is 107 Å². The van der Waals surface area contributed by atoms with Gasteiger partial charge in [0.2, 0.25) is 0 Å². The second kappa shape index (κ2) is 5.71. The van der Waals surface area contributed by atoms with Crippen LogP contribution in [0.4, 0.5) is 0 Å². The fraction of sp³-hybridized carbons (Fsp3) is 0.538. The summed E-state index contributed by atoms with van der Waals surface area (Å²) in [4.78, 5) is 0. The smallest absolute Gasteiger partial charge is 0.137 e.